The second kappa shape index (κ2) is 9.03. The third-order valence-electron chi connectivity index (χ3n) is 3.31. The van der Waals surface area contributed by atoms with Crippen molar-refractivity contribution in [3.8, 4) is 5.75 Å². The van der Waals surface area contributed by atoms with Crippen LogP contribution in [0.2, 0.25) is 10.0 Å². The zero-order valence-corrected chi connectivity index (χ0v) is 15.6. The zero-order chi connectivity index (χ0) is 20.9. The topological polar surface area (TPSA) is 88.6 Å². The molecule has 0 aromatic heterocycles. The number of carbonyl (C=O) groups excluding carboxylic acids is 1. The molecule has 2 aromatic rings. The lowest BCUT2D eigenvalue weighted by Gasteiger charge is -2.21. The summed E-state index contributed by atoms with van der Waals surface area (Å²) in [7, 11) is 0. The Kier molecular flexibility index (Phi) is 6.98. The zero-order valence-electron chi connectivity index (χ0n) is 14.1. The molecule has 0 aliphatic rings. The first-order chi connectivity index (χ1) is 13.1. The molecule has 11 heteroatoms. The smallest absolute Gasteiger partial charge is 0.489 e. The minimum atomic E-state index is -5.21. The van der Waals surface area contributed by atoms with Crippen molar-refractivity contribution in [1.82, 2.24) is 5.06 Å². The molecule has 0 saturated heterocycles. The third kappa shape index (κ3) is 6.21. The number of guanidine groups is 1. The number of rotatable bonds is 5. The Morgan fingerprint density at radius 3 is 2.43 bits per heavy atom. The lowest BCUT2D eigenvalue weighted by molar-refractivity contribution is -0.227. The number of nitrogens with one attached hydrogen (secondary N) is 1. The van der Waals surface area contributed by atoms with Crippen molar-refractivity contribution in [2.45, 2.75) is 19.3 Å². The molecule has 0 heterocycles. The van der Waals surface area contributed by atoms with Crippen LogP contribution in [0, 0.1) is 5.41 Å². The van der Waals surface area contributed by atoms with Gasteiger partial charge in [-0.25, -0.2) is 4.79 Å². The number of nitrogens with two attached hydrogens (primary N) is 1. The van der Waals surface area contributed by atoms with Crippen LogP contribution < -0.4 is 10.5 Å². The number of halogens is 5. The van der Waals surface area contributed by atoms with Gasteiger partial charge in [-0.2, -0.15) is 18.2 Å². The van der Waals surface area contributed by atoms with Gasteiger partial charge >= 0.3 is 12.1 Å². The highest BCUT2D eigenvalue weighted by atomic mass is 35.5. The molecule has 0 atom stereocenters. The van der Waals surface area contributed by atoms with Crippen LogP contribution >= 0.6 is 23.2 Å². The molecule has 0 unspecified atom stereocenters. The van der Waals surface area contributed by atoms with Gasteiger partial charge in [0.05, 0.1) is 16.6 Å². The number of nitrogens with zero attached hydrogens (tertiary/aromatic N) is 1. The van der Waals surface area contributed by atoms with E-state index in [1.54, 1.807) is 36.4 Å². The lowest BCUT2D eigenvalue weighted by Crippen LogP contribution is -2.41. The molecule has 0 saturated carbocycles. The summed E-state index contributed by atoms with van der Waals surface area (Å²) >= 11 is 11.8. The van der Waals surface area contributed by atoms with E-state index in [2.05, 4.69) is 4.84 Å². The summed E-state index contributed by atoms with van der Waals surface area (Å²) in [5.74, 6) is -2.94. The van der Waals surface area contributed by atoms with E-state index >= 15 is 0 Å². The average Bonchev–Trinajstić information content (AvgIpc) is 2.61. The quantitative estimate of drug-likeness (QED) is 0.415. The highest BCUT2D eigenvalue weighted by Crippen LogP contribution is 2.24. The summed E-state index contributed by atoms with van der Waals surface area (Å²) in [4.78, 5) is 15.1. The van der Waals surface area contributed by atoms with Crippen molar-refractivity contribution in [2.75, 3.05) is 0 Å². The first kappa shape index (κ1) is 21.6. The SMILES string of the molecule is N=C(N)N(Cc1cccc(OCc2ccc(Cl)c(Cl)c2)c1)OC(=O)C(F)(F)F. The molecular formula is C17H14Cl2F3N3O3. The maximum Gasteiger partial charge on any atom is 0.493 e. The summed E-state index contributed by atoms with van der Waals surface area (Å²) in [5, 5.41) is 8.40. The Bertz CT molecular complexity index is 878. The lowest BCUT2D eigenvalue weighted by atomic mass is 10.2. The summed E-state index contributed by atoms with van der Waals surface area (Å²) in [6.45, 7) is -0.207. The first-order valence-electron chi connectivity index (χ1n) is 7.62. The van der Waals surface area contributed by atoms with Gasteiger partial charge in [0.15, 0.2) is 0 Å². The number of hydrogen-bond donors (Lipinski definition) is 2. The van der Waals surface area contributed by atoms with Crippen molar-refractivity contribution >= 4 is 35.1 Å². The number of hydroxylamine groups is 2. The van der Waals surface area contributed by atoms with E-state index in [0.29, 0.717) is 26.4 Å². The van der Waals surface area contributed by atoms with Gasteiger partial charge in [0.1, 0.15) is 12.4 Å². The van der Waals surface area contributed by atoms with Crippen molar-refractivity contribution in [3.63, 3.8) is 0 Å². The fourth-order valence-electron chi connectivity index (χ4n) is 2.01. The van der Waals surface area contributed by atoms with Crippen molar-refractivity contribution in [3.05, 3.63) is 63.6 Å². The normalized spacial score (nSPS) is 11.0. The van der Waals surface area contributed by atoms with Gasteiger partial charge in [0.25, 0.3) is 0 Å². The monoisotopic (exact) mass is 435 g/mol. The van der Waals surface area contributed by atoms with Crippen LogP contribution in [-0.4, -0.2) is 23.2 Å². The van der Waals surface area contributed by atoms with Crippen LogP contribution in [-0.2, 0) is 22.8 Å². The van der Waals surface area contributed by atoms with Gasteiger partial charge in [-0.3, -0.25) is 5.41 Å². The van der Waals surface area contributed by atoms with E-state index in [-0.39, 0.29) is 13.2 Å². The summed E-state index contributed by atoms with van der Waals surface area (Å²) in [6.07, 6.45) is -5.21. The second-order valence-corrected chi connectivity index (χ2v) is 6.30. The van der Waals surface area contributed by atoms with E-state index < -0.39 is 18.1 Å². The third-order valence-corrected chi connectivity index (χ3v) is 4.05. The van der Waals surface area contributed by atoms with E-state index in [9.17, 15) is 18.0 Å². The van der Waals surface area contributed by atoms with Crippen LogP contribution in [0.4, 0.5) is 13.2 Å². The molecule has 28 heavy (non-hydrogen) atoms. The summed E-state index contributed by atoms with van der Waals surface area (Å²) in [6, 6.07) is 11.3. The highest BCUT2D eigenvalue weighted by molar-refractivity contribution is 6.42. The van der Waals surface area contributed by atoms with Crippen molar-refractivity contribution in [2.24, 2.45) is 5.73 Å². The number of ether oxygens (including phenoxy) is 1. The van der Waals surface area contributed by atoms with Crippen LogP contribution in [0.15, 0.2) is 42.5 Å². The summed E-state index contributed by atoms with van der Waals surface area (Å²) < 4.78 is 42.6. The average molecular weight is 436 g/mol. The Morgan fingerprint density at radius 1 is 1.11 bits per heavy atom. The van der Waals surface area contributed by atoms with Crippen LogP contribution in [0.1, 0.15) is 11.1 Å². The molecule has 0 fully saturated rings. The molecule has 2 rings (SSSR count). The van der Waals surface area contributed by atoms with Gasteiger partial charge in [-0.15, -0.1) is 0 Å². The fourth-order valence-corrected chi connectivity index (χ4v) is 2.33. The Labute approximate surface area is 168 Å². The number of hydrogen-bond acceptors (Lipinski definition) is 4. The van der Waals surface area contributed by atoms with E-state index in [4.69, 9.17) is 39.1 Å². The molecule has 0 amide bonds. The molecule has 2 aromatic carbocycles. The Balaban J connectivity index is 2.05. The minimum Gasteiger partial charge on any atom is -0.489 e. The first-order valence-corrected chi connectivity index (χ1v) is 8.38. The molecule has 0 bridgehead atoms. The molecule has 6 nitrogen and oxygen atoms in total. The highest BCUT2D eigenvalue weighted by Gasteiger charge is 2.43. The van der Waals surface area contributed by atoms with E-state index in [0.717, 1.165) is 5.56 Å². The molecule has 3 N–H and O–H groups in total. The fraction of sp³-hybridized carbons (Fsp3) is 0.176. The molecular weight excluding hydrogens is 422 g/mol. The maximum atomic E-state index is 12.3. The van der Waals surface area contributed by atoms with Gasteiger partial charge in [0, 0.05) is 0 Å². The molecule has 0 aliphatic carbocycles. The predicted octanol–water partition coefficient (Wildman–Crippen LogP) is 4.29. The summed E-state index contributed by atoms with van der Waals surface area (Å²) in [5.41, 5.74) is 6.34. The van der Waals surface area contributed by atoms with Gasteiger partial charge in [0.2, 0.25) is 5.96 Å². The van der Waals surface area contributed by atoms with Gasteiger partial charge in [-0.05, 0) is 35.4 Å². The van der Waals surface area contributed by atoms with Gasteiger partial charge in [-0.1, -0.05) is 41.4 Å². The van der Waals surface area contributed by atoms with Crippen molar-refractivity contribution < 1.29 is 27.5 Å². The Morgan fingerprint density at radius 2 is 1.82 bits per heavy atom. The van der Waals surface area contributed by atoms with Gasteiger partial charge < -0.3 is 15.3 Å². The Hall–Kier alpha value is -2.65. The van der Waals surface area contributed by atoms with Crippen LogP contribution in [0.3, 0.4) is 0 Å². The molecule has 0 radical (unpaired) electrons. The standard InChI is InChI=1S/C17H14Cl2F3N3O3/c18-13-5-4-11(7-14(13)19)9-27-12-3-1-2-10(6-12)8-25(16(23)24)28-15(26)17(20,21)22/h1-7H,8-9H2,(H3,23,24). The van der Waals surface area contributed by atoms with E-state index in [1.165, 1.54) is 6.07 Å². The number of alkyl halides is 3. The van der Waals surface area contributed by atoms with Crippen LogP contribution in [0.25, 0.3) is 0 Å². The minimum absolute atomic E-state index is 0.166. The maximum absolute atomic E-state index is 12.3. The van der Waals surface area contributed by atoms with Crippen LogP contribution in [0.5, 0.6) is 5.75 Å². The second-order valence-electron chi connectivity index (χ2n) is 5.48. The molecule has 0 spiro atoms. The molecule has 0 aliphatic heterocycles. The largest absolute Gasteiger partial charge is 0.493 e. The number of benzene rings is 2. The predicted molar refractivity (Wildman–Crippen MR) is 96.8 cm³/mol. The van der Waals surface area contributed by atoms with Crippen molar-refractivity contribution in [1.29, 1.82) is 5.41 Å². The number of carbonyl (C=O) groups is 1. The molecule has 150 valence electrons. The van der Waals surface area contributed by atoms with E-state index in [1.807, 2.05) is 0 Å².